The van der Waals surface area contributed by atoms with E-state index in [0.29, 0.717) is 25.9 Å². The zero-order valence-corrected chi connectivity index (χ0v) is 58.3. The molecule has 86 heavy (non-hydrogen) atoms. The van der Waals surface area contributed by atoms with E-state index in [9.17, 15) is 19.8 Å². The normalized spacial score (nSPS) is 12.7. The fraction of sp³-hybridized carbons (Fsp3) is 0.900. The first kappa shape index (κ1) is 84.1. The fourth-order valence-corrected chi connectivity index (χ4v) is 12.4. The molecule has 0 fully saturated rings. The number of allylic oxidation sites excluding steroid dienone is 6. The first-order valence-corrected chi connectivity index (χ1v) is 39.2. The van der Waals surface area contributed by atoms with Crippen molar-refractivity contribution in [2.24, 2.45) is 0 Å². The Labute approximate surface area is 538 Å². The molecule has 0 aliphatic heterocycles. The van der Waals surface area contributed by atoms with Crippen LogP contribution < -0.4 is 5.32 Å². The summed E-state index contributed by atoms with van der Waals surface area (Å²) < 4.78 is 5.49. The largest absolute Gasteiger partial charge is 0.466 e. The average molecular weight is 1210 g/mol. The van der Waals surface area contributed by atoms with Crippen LogP contribution in [0, 0.1) is 0 Å². The van der Waals surface area contributed by atoms with Gasteiger partial charge in [0.25, 0.3) is 0 Å². The number of hydrogen-bond acceptors (Lipinski definition) is 5. The zero-order chi connectivity index (χ0) is 62.0. The number of esters is 1. The number of ether oxygens (including phenoxy) is 1. The lowest BCUT2D eigenvalue weighted by molar-refractivity contribution is -0.143. The van der Waals surface area contributed by atoms with Gasteiger partial charge in [0.05, 0.1) is 25.4 Å². The van der Waals surface area contributed by atoms with Crippen molar-refractivity contribution < 1.29 is 24.5 Å². The van der Waals surface area contributed by atoms with Gasteiger partial charge in [0, 0.05) is 12.8 Å². The molecule has 0 aliphatic rings. The maximum atomic E-state index is 12.6. The van der Waals surface area contributed by atoms with Crippen molar-refractivity contribution in [3.8, 4) is 0 Å². The predicted octanol–water partition coefficient (Wildman–Crippen LogP) is 25.8. The summed E-state index contributed by atoms with van der Waals surface area (Å²) in [4.78, 5) is 24.7. The van der Waals surface area contributed by atoms with Gasteiger partial charge in [0.15, 0.2) is 0 Å². The minimum Gasteiger partial charge on any atom is -0.466 e. The highest BCUT2D eigenvalue weighted by Crippen LogP contribution is 2.20. The molecule has 3 N–H and O–H groups in total. The summed E-state index contributed by atoms with van der Waals surface area (Å²) in [5.74, 6) is -0.0257. The molecule has 2 unspecified atom stereocenters. The SMILES string of the molecule is CCCCC/C=C\C/C=C\CCCCCCCC(=O)OCCCCCCCCCCCCCC/C=C\CCCCCCCCCCCCCCCC(=O)NC(CO)C(O)CCCCCCCCCCCCCCCCCCCCCCCCCCC. The van der Waals surface area contributed by atoms with E-state index in [0.717, 1.165) is 51.4 Å². The molecule has 0 aliphatic carbocycles. The molecule has 0 aromatic rings. The molecule has 508 valence electrons. The third kappa shape index (κ3) is 71.2. The Kier molecular flexibility index (Phi) is 73.9. The fourth-order valence-electron chi connectivity index (χ4n) is 12.4. The second kappa shape index (κ2) is 75.5. The van der Waals surface area contributed by atoms with Crippen molar-refractivity contribution >= 4 is 11.9 Å². The van der Waals surface area contributed by atoms with Crippen molar-refractivity contribution in [3.63, 3.8) is 0 Å². The number of carbonyl (C=O) groups excluding carboxylic acids is 2. The second-order valence-electron chi connectivity index (χ2n) is 27.0. The van der Waals surface area contributed by atoms with Gasteiger partial charge in [-0.05, 0) is 83.5 Å². The summed E-state index contributed by atoms with van der Waals surface area (Å²) in [7, 11) is 0. The molecule has 0 rings (SSSR count). The monoisotopic (exact) mass is 1210 g/mol. The molecule has 1 amide bonds. The Hall–Kier alpha value is -1.92. The number of hydrogen-bond donors (Lipinski definition) is 3. The van der Waals surface area contributed by atoms with Crippen LogP contribution >= 0.6 is 0 Å². The Bertz CT molecular complexity index is 1390. The van der Waals surface area contributed by atoms with E-state index in [-0.39, 0.29) is 18.5 Å². The molecular weight excluding hydrogens is 1050 g/mol. The van der Waals surface area contributed by atoms with Crippen molar-refractivity contribution in [3.05, 3.63) is 36.5 Å². The lowest BCUT2D eigenvalue weighted by atomic mass is 10.0. The first-order chi connectivity index (χ1) is 42.5. The van der Waals surface area contributed by atoms with E-state index in [4.69, 9.17) is 4.74 Å². The number of aliphatic hydroxyl groups is 2. The third-order valence-electron chi connectivity index (χ3n) is 18.4. The number of amides is 1. The molecule has 0 aromatic heterocycles. The molecule has 0 radical (unpaired) electrons. The summed E-state index contributed by atoms with van der Waals surface area (Å²) in [5, 5.41) is 23.5. The summed E-state index contributed by atoms with van der Waals surface area (Å²) in [6, 6.07) is -0.543. The minimum atomic E-state index is -0.666. The van der Waals surface area contributed by atoms with Crippen LogP contribution in [0.1, 0.15) is 438 Å². The van der Waals surface area contributed by atoms with E-state index in [1.54, 1.807) is 0 Å². The van der Waals surface area contributed by atoms with Crippen molar-refractivity contribution in [2.45, 2.75) is 450 Å². The average Bonchev–Trinajstić information content (AvgIpc) is 3.54. The molecule has 2 atom stereocenters. The zero-order valence-electron chi connectivity index (χ0n) is 58.3. The Morgan fingerprint density at radius 1 is 0.326 bits per heavy atom. The summed E-state index contributed by atoms with van der Waals surface area (Å²) >= 11 is 0. The van der Waals surface area contributed by atoms with Gasteiger partial charge in [-0.3, -0.25) is 9.59 Å². The maximum absolute atomic E-state index is 12.6. The summed E-state index contributed by atoms with van der Waals surface area (Å²) in [6.45, 7) is 4.97. The number of rotatable bonds is 74. The molecule has 0 saturated heterocycles. The van der Waals surface area contributed by atoms with E-state index in [2.05, 4.69) is 55.6 Å². The molecule has 0 bridgehead atoms. The Balaban J connectivity index is 3.38. The molecule has 0 spiro atoms. The molecule has 0 saturated carbocycles. The highest BCUT2D eigenvalue weighted by molar-refractivity contribution is 5.76. The van der Waals surface area contributed by atoms with Gasteiger partial charge in [-0.15, -0.1) is 0 Å². The van der Waals surface area contributed by atoms with Gasteiger partial charge < -0.3 is 20.3 Å². The molecule has 6 heteroatoms. The van der Waals surface area contributed by atoms with E-state index >= 15 is 0 Å². The smallest absolute Gasteiger partial charge is 0.305 e. The van der Waals surface area contributed by atoms with E-state index < -0.39 is 12.1 Å². The van der Waals surface area contributed by atoms with Crippen molar-refractivity contribution in [2.75, 3.05) is 13.2 Å². The van der Waals surface area contributed by atoms with E-state index in [1.807, 2.05) is 0 Å². The Morgan fingerprint density at radius 2 is 0.581 bits per heavy atom. The van der Waals surface area contributed by atoms with Crippen molar-refractivity contribution in [1.82, 2.24) is 5.32 Å². The second-order valence-corrected chi connectivity index (χ2v) is 27.0. The first-order valence-electron chi connectivity index (χ1n) is 39.2. The lowest BCUT2D eigenvalue weighted by Gasteiger charge is -2.22. The van der Waals surface area contributed by atoms with E-state index in [1.165, 1.54) is 353 Å². The van der Waals surface area contributed by atoms with Crippen LogP contribution in [0.4, 0.5) is 0 Å². The van der Waals surface area contributed by atoms with Gasteiger partial charge in [-0.1, -0.05) is 378 Å². The van der Waals surface area contributed by atoms with Crippen LogP contribution in [0.2, 0.25) is 0 Å². The maximum Gasteiger partial charge on any atom is 0.305 e. The number of carbonyl (C=O) groups is 2. The third-order valence-corrected chi connectivity index (χ3v) is 18.4. The minimum absolute atomic E-state index is 0.00323. The number of aliphatic hydroxyl groups excluding tert-OH is 2. The molecule has 0 heterocycles. The molecular formula is C80H153NO5. The predicted molar refractivity (Wildman–Crippen MR) is 379 cm³/mol. The van der Waals surface area contributed by atoms with Crippen LogP contribution in [0.25, 0.3) is 0 Å². The standard InChI is InChI=1S/C80H153NO5/c1-3-5-7-9-11-13-15-17-19-20-21-22-23-29-32-35-38-41-45-48-52-56-60-64-68-72-78(83)77(76-82)81-79(84)73-69-65-61-57-53-49-46-42-39-36-33-30-27-25-24-26-28-31-34-37-40-43-47-51-55-59-63-67-71-75-86-80(85)74-70-66-62-58-54-50-44-18-16-14-12-10-8-6-4-2/h12,14,18,24,26,44,77-78,82-83H,3-11,13,15-17,19-23,25,27-43,45-76H2,1-2H3,(H,81,84)/b14-12-,26-24-,44-18-. The summed E-state index contributed by atoms with van der Waals surface area (Å²) in [6.07, 6.45) is 98.0. The highest BCUT2D eigenvalue weighted by atomic mass is 16.5. The number of unbranched alkanes of at least 4 members (excludes halogenated alkanes) is 57. The van der Waals surface area contributed by atoms with Crippen LogP contribution in [0.3, 0.4) is 0 Å². The quantitative estimate of drug-likeness (QED) is 0.0320. The van der Waals surface area contributed by atoms with Gasteiger partial charge >= 0.3 is 5.97 Å². The molecule has 0 aromatic carbocycles. The van der Waals surface area contributed by atoms with Crippen LogP contribution in [0.5, 0.6) is 0 Å². The van der Waals surface area contributed by atoms with Gasteiger partial charge in [-0.2, -0.15) is 0 Å². The van der Waals surface area contributed by atoms with Gasteiger partial charge in [0.2, 0.25) is 5.91 Å². The van der Waals surface area contributed by atoms with Crippen LogP contribution in [0.15, 0.2) is 36.5 Å². The molecule has 6 nitrogen and oxygen atoms in total. The topological polar surface area (TPSA) is 95.9 Å². The van der Waals surface area contributed by atoms with Gasteiger partial charge in [-0.25, -0.2) is 0 Å². The lowest BCUT2D eigenvalue weighted by Crippen LogP contribution is -2.45. The van der Waals surface area contributed by atoms with Crippen LogP contribution in [-0.4, -0.2) is 47.4 Å². The van der Waals surface area contributed by atoms with Gasteiger partial charge in [0.1, 0.15) is 0 Å². The van der Waals surface area contributed by atoms with Crippen LogP contribution in [-0.2, 0) is 14.3 Å². The number of nitrogens with one attached hydrogen (secondary N) is 1. The Morgan fingerprint density at radius 3 is 0.919 bits per heavy atom. The summed E-state index contributed by atoms with van der Waals surface area (Å²) in [5.41, 5.74) is 0. The van der Waals surface area contributed by atoms with Crippen molar-refractivity contribution in [1.29, 1.82) is 0 Å². The highest BCUT2D eigenvalue weighted by Gasteiger charge is 2.20.